The van der Waals surface area contributed by atoms with Crippen molar-refractivity contribution in [1.29, 1.82) is 0 Å². The Hall–Kier alpha value is -1.82. The molecule has 2 atom stereocenters. The first-order chi connectivity index (χ1) is 11.5. The van der Waals surface area contributed by atoms with Crippen LogP contribution < -0.4 is 17.2 Å². The second-order valence-electron chi connectivity index (χ2n) is 5.69. The number of nitrogens with two attached hydrogens (primary N) is 3. The van der Waals surface area contributed by atoms with E-state index in [-0.39, 0.29) is 11.1 Å². The van der Waals surface area contributed by atoms with Gasteiger partial charge in [0.2, 0.25) is 5.91 Å². The molecule has 0 fully saturated rings. The molecule has 140 valence electrons. The Bertz CT molecular complexity index is 836. The van der Waals surface area contributed by atoms with Crippen molar-refractivity contribution in [3.63, 3.8) is 0 Å². The van der Waals surface area contributed by atoms with Crippen molar-refractivity contribution in [3.8, 4) is 0 Å². The lowest BCUT2D eigenvalue weighted by Gasteiger charge is -2.13. The van der Waals surface area contributed by atoms with Gasteiger partial charge in [0, 0.05) is 0 Å². The maximum atomic E-state index is 12.2. The topological polar surface area (TPSA) is 180 Å². The summed E-state index contributed by atoms with van der Waals surface area (Å²) in [5.41, 5.74) is 16.2. The maximum Gasteiger partial charge on any atom is 0.235 e. The molecule has 1 aromatic rings. The van der Waals surface area contributed by atoms with E-state index >= 15 is 0 Å². The van der Waals surface area contributed by atoms with Crippen molar-refractivity contribution < 1.29 is 26.4 Å². The molecule has 1 aromatic carbocycles. The van der Waals surface area contributed by atoms with Crippen molar-refractivity contribution in [3.05, 3.63) is 35.4 Å². The first-order valence-electron chi connectivity index (χ1n) is 7.19. The average Bonchev–Trinajstić information content (AvgIpc) is 2.47. The zero-order valence-electron chi connectivity index (χ0n) is 13.4. The monoisotopic (exact) mass is 391 g/mol. The van der Waals surface area contributed by atoms with Crippen molar-refractivity contribution in [2.45, 2.75) is 23.6 Å². The summed E-state index contributed by atoms with van der Waals surface area (Å²) in [4.78, 5) is 21.5. The van der Waals surface area contributed by atoms with Crippen molar-refractivity contribution in [2.24, 2.45) is 17.2 Å². The lowest BCUT2D eigenvalue weighted by Crippen LogP contribution is -2.42. The highest BCUT2D eigenvalue weighted by molar-refractivity contribution is 7.91. The van der Waals surface area contributed by atoms with Crippen molar-refractivity contribution in [1.82, 2.24) is 0 Å². The number of hydrogen-bond acceptors (Lipinski definition) is 8. The van der Waals surface area contributed by atoms with Crippen LogP contribution in [0, 0.1) is 0 Å². The van der Waals surface area contributed by atoms with Gasteiger partial charge >= 0.3 is 0 Å². The van der Waals surface area contributed by atoms with Crippen LogP contribution in [0.2, 0.25) is 0 Å². The molecular formula is C14H21N3O6S2. The van der Waals surface area contributed by atoms with Gasteiger partial charge in [-0.1, -0.05) is 24.3 Å². The van der Waals surface area contributed by atoms with Crippen LogP contribution in [0.25, 0.3) is 0 Å². The molecule has 0 saturated carbocycles. The minimum Gasteiger partial charge on any atom is -0.368 e. The quantitative estimate of drug-likeness (QED) is 0.377. The highest BCUT2D eigenvalue weighted by Crippen LogP contribution is 2.17. The molecule has 0 bridgehead atoms. The molecule has 0 heterocycles. The van der Waals surface area contributed by atoms with Crippen LogP contribution >= 0.6 is 0 Å². The van der Waals surface area contributed by atoms with Crippen LogP contribution in [0.3, 0.4) is 0 Å². The number of aldehydes is 1. The minimum absolute atomic E-state index is 0.266. The molecule has 0 aliphatic carbocycles. The van der Waals surface area contributed by atoms with E-state index in [9.17, 15) is 26.4 Å². The molecule has 1 amide bonds. The largest absolute Gasteiger partial charge is 0.368 e. The minimum atomic E-state index is -3.79. The van der Waals surface area contributed by atoms with E-state index in [0.29, 0.717) is 6.29 Å². The summed E-state index contributed by atoms with van der Waals surface area (Å²) in [6, 6.07) is 3.59. The molecule has 9 nitrogen and oxygen atoms in total. The normalized spacial score (nSPS) is 14.6. The summed E-state index contributed by atoms with van der Waals surface area (Å²) in [5.74, 6) is -3.06. The second-order valence-corrected chi connectivity index (χ2v) is 9.90. The molecule has 0 aliphatic heterocycles. The molecule has 0 aliphatic rings. The summed E-state index contributed by atoms with van der Waals surface area (Å²) >= 11 is 0. The number of hydrogen-bond donors (Lipinski definition) is 3. The van der Waals surface area contributed by atoms with Crippen LogP contribution in [-0.4, -0.2) is 52.6 Å². The SMILES string of the molecule is NC(=O)[C@@H](N)CS(=O)(=O)Cc1ccccc1CS(=O)(=O)C[C@H](N)C=O. The predicted octanol–water partition coefficient (Wildman–Crippen LogP) is -2.14. The highest BCUT2D eigenvalue weighted by atomic mass is 32.2. The van der Waals surface area contributed by atoms with Gasteiger partial charge in [-0.3, -0.25) is 4.79 Å². The van der Waals surface area contributed by atoms with E-state index in [0.717, 1.165) is 0 Å². The fraction of sp³-hybridized carbons (Fsp3) is 0.429. The van der Waals surface area contributed by atoms with Gasteiger partial charge in [-0.2, -0.15) is 0 Å². The van der Waals surface area contributed by atoms with E-state index in [4.69, 9.17) is 17.2 Å². The number of benzene rings is 1. The second kappa shape index (κ2) is 8.52. The zero-order valence-corrected chi connectivity index (χ0v) is 15.0. The van der Waals surface area contributed by atoms with Gasteiger partial charge in [-0.15, -0.1) is 0 Å². The maximum absolute atomic E-state index is 12.2. The van der Waals surface area contributed by atoms with Crippen LogP contribution in [0.1, 0.15) is 11.1 Å². The first-order valence-corrected chi connectivity index (χ1v) is 10.8. The molecule has 11 heteroatoms. The number of sulfone groups is 2. The fourth-order valence-electron chi connectivity index (χ4n) is 2.12. The van der Waals surface area contributed by atoms with Crippen LogP contribution in [-0.2, 0) is 40.8 Å². The van der Waals surface area contributed by atoms with E-state index in [1.54, 1.807) is 12.1 Å². The third kappa shape index (κ3) is 7.30. The highest BCUT2D eigenvalue weighted by Gasteiger charge is 2.23. The van der Waals surface area contributed by atoms with E-state index in [1.165, 1.54) is 12.1 Å². The Morgan fingerprint density at radius 2 is 1.40 bits per heavy atom. The molecule has 0 spiro atoms. The Balaban J connectivity index is 3.01. The van der Waals surface area contributed by atoms with Gasteiger partial charge in [0.05, 0.1) is 35.1 Å². The van der Waals surface area contributed by atoms with Crippen LogP contribution in [0.5, 0.6) is 0 Å². The van der Waals surface area contributed by atoms with Crippen molar-refractivity contribution >= 4 is 31.9 Å². The van der Waals surface area contributed by atoms with Gasteiger partial charge in [-0.25, -0.2) is 16.8 Å². The van der Waals surface area contributed by atoms with E-state index < -0.39 is 60.7 Å². The van der Waals surface area contributed by atoms with E-state index in [1.807, 2.05) is 0 Å². The van der Waals surface area contributed by atoms with E-state index in [2.05, 4.69) is 0 Å². The summed E-state index contributed by atoms with van der Waals surface area (Å²) in [6.07, 6.45) is 0.332. The number of amides is 1. The molecule has 25 heavy (non-hydrogen) atoms. The number of carbonyl (C=O) groups is 2. The van der Waals surface area contributed by atoms with Gasteiger partial charge in [0.25, 0.3) is 0 Å². The van der Waals surface area contributed by atoms with Gasteiger partial charge in [0.1, 0.15) is 6.29 Å². The molecule has 0 unspecified atom stereocenters. The number of rotatable bonds is 10. The molecule has 6 N–H and O–H groups in total. The average molecular weight is 391 g/mol. The van der Waals surface area contributed by atoms with Gasteiger partial charge < -0.3 is 22.0 Å². The summed E-state index contributed by atoms with van der Waals surface area (Å²) in [5, 5.41) is 0. The summed E-state index contributed by atoms with van der Waals surface area (Å²) in [6.45, 7) is 0. The molecular weight excluding hydrogens is 370 g/mol. The summed E-state index contributed by atoms with van der Waals surface area (Å²) < 4.78 is 48.5. The molecule has 0 saturated heterocycles. The Morgan fingerprint density at radius 3 is 1.80 bits per heavy atom. The lowest BCUT2D eigenvalue weighted by molar-refractivity contribution is -0.118. The summed E-state index contributed by atoms with van der Waals surface area (Å²) in [7, 11) is -7.50. The van der Waals surface area contributed by atoms with Gasteiger partial charge in [0.15, 0.2) is 19.7 Å². The smallest absolute Gasteiger partial charge is 0.235 e. The predicted molar refractivity (Wildman–Crippen MR) is 92.6 cm³/mol. The third-order valence-electron chi connectivity index (χ3n) is 3.29. The van der Waals surface area contributed by atoms with Crippen molar-refractivity contribution in [2.75, 3.05) is 11.5 Å². The Labute approximate surface area is 146 Å². The Morgan fingerprint density at radius 1 is 0.960 bits per heavy atom. The van der Waals surface area contributed by atoms with Gasteiger partial charge in [-0.05, 0) is 11.1 Å². The van der Waals surface area contributed by atoms with Crippen LogP contribution in [0.4, 0.5) is 0 Å². The Kier molecular flexibility index (Phi) is 7.23. The molecule has 0 aromatic heterocycles. The molecule has 0 radical (unpaired) electrons. The zero-order chi connectivity index (χ0) is 19.3. The molecule has 1 rings (SSSR count). The standard InChI is InChI=1S/C14H21N3O6S2/c15-12(5-18)8-24(20,21)6-10-3-1-2-4-11(10)7-25(22,23)9-13(16)14(17)19/h1-5,12-13H,6-9,15-16H2,(H2,17,19)/t12-,13+/m1/s1. The van der Waals surface area contributed by atoms with Crippen LogP contribution in [0.15, 0.2) is 24.3 Å². The first kappa shape index (κ1) is 21.2. The number of primary amides is 1. The fourth-order valence-corrected chi connectivity index (χ4v) is 5.24. The lowest BCUT2D eigenvalue weighted by atomic mass is 10.1. The third-order valence-corrected chi connectivity index (χ3v) is 6.55. The number of carbonyl (C=O) groups excluding carboxylic acids is 2.